The van der Waals surface area contributed by atoms with Gasteiger partial charge in [-0.15, -0.1) is 0 Å². The molecule has 2 aromatic rings. The Kier molecular flexibility index (Phi) is 8.40. The first-order chi connectivity index (χ1) is 17.9. The van der Waals surface area contributed by atoms with Crippen LogP contribution >= 0.6 is 23.8 Å². The molecule has 8 heteroatoms. The van der Waals surface area contributed by atoms with E-state index in [9.17, 15) is 0 Å². The summed E-state index contributed by atoms with van der Waals surface area (Å²) in [5, 5.41) is 8.24. The zero-order valence-electron chi connectivity index (χ0n) is 22.3. The zero-order chi connectivity index (χ0) is 25.8. The van der Waals surface area contributed by atoms with E-state index in [1.807, 2.05) is 12.1 Å². The number of aromatic nitrogens is 2. The molecule has 3 aliphatic rings. The van der Waals surface area contributed by atoms with Crippen molar-refractivity contribution < 1.29 is 0 Å². The first-order valence-corrected chi connectivity index (χ1v) is 14.9. The average Bonchev–Trinajstić information content (AvgIpc) is 3.38. The fraction of sp³-hybridized carbons (Fsp3) is 0.621. The van der Waals surface area contributed by atoms with E-state index in [1.54, 1.807) is 0 Å². The normalized spacial score (nSPS) is 23.6. The molecule has 2 saturated heterocycles. The molecule has 3 heterocycles. The van der Waals surface area contributed by atoms with Crippen molar-refractivity contribution in [1.82, 2.24) is 15.3 Å². The van der Waals surface area contributed by atoms with Gasteiger partial charge in [-0.25, -0.2) is 0 Å². The molecule has 0 spiro atoms. The molecule has 2 N–H and O–H groups in total. The third kappa shape index (κ3) is 6.31. The monoisotopic (exact) mass is 540 g/mol. The van der Waals surface area contributed by atoms with E-state index >= 15 is 0 Å². The summed E-state index contributed by atoms with van der Waals surface area (Å²) < 4.78 is 0. The number of nitrogens with one attached hydrogen (secondary N) is 2. The quantitative estimate of drug-likeness (QED) is 0.403. The summed E-state index contributed by atoms with van der Waals surface area (Å²) in [4.78, 5) is 14.8. The molecule has 1 aromatic heterocycles. The Balaban J connectivity index is 1.33. The molecule has 2 aliphatic heterocycles. The molecule has 0 radical (unpaired) electrons. The van der Waals surface area contributed by atoms with Crippen LogP contribution in [0.2, 0.25) is 5.02 Å². The lowest BCUT2D eigenvalue weighted by Crippen LogP contribution is -2.41. The third-order valence-corrected chi connectivity index (χ3v) is 9.11. The molecule has 1 aliphatic carbocycles. The van der Waals surface area contributed by atoms with Crippen molar-refractivity contribution in [3.8, 4) is 0 Å². The molecule has 2 atom stereocenters. The second-order valence-electron chi connectivity index (χ2n) is 11.4. The van der Waals surface area contributed by atoms with Crippen LogP contribution in [0.15, 0.2) is 30.3 Å². The standard InChI is InChI=1S/C29H41ClN6S/c1-21-8-7-16-35(19-21)25-18-26(36-17-6-3-9-22(36)2)33-27(32-25)34-28(37)31-20-29(14-4-5-15-29)23-10-12-24(30)13-11-23/h10-13,18,21-22H,3-9,14-17,19-20H2,1-2H3,(H2,31,32,33,34,37). The highest BCUT2D eigenvalue weighted by atomic mass is 35.5. The topological polar surface area (TPSA) is 56.3 Å². The summed E-state index contributed by atoms with van der Waals surface area (Å²) in [6.45, 7) is 8.55. The Morgan fingerprint density at radius 3 is 2.49 bits per heavy atom. The Bertz CT molecular complexity index is 1070. The fourth-order valence-electron chi connectivity index (χ4n) is 6.44. The average molecular weight is 541 g/mol. The number of piperidine rings is 2. The van der Waals surface area contributed by atoms with Crippen molar-refractivity contribution in [2.45, 2.75) is 83.1 Å². The summed E-state index contributed by atoms with van der Waals surface area (Å²) >= 11 is 12.0. The van der Waals surface area contributed by atoms with Crippen molar-refractivity contribution in [1.29, 1.82) is 0 Å². The molecule has 0 amide bonds. The number of rotatable bonds is 6. The molecule has 1 saturated carbocycles. The highest BCUT2D eigenvalue weighted by Crippen LogP contribution is 2.41. The van der Waals surface area contributed by atoms with E-state index in [0.717, 1.165) is 55.7 Å². The molecule has 5 rings (SSSR count). The second-order valence-corrected chi connectivity index (χ2v) is 12.3. The number of benzene rings is 1. The van der Waals surface area contributed by atoms with Gasteiger partial charge >= 0.3 is 0 Å². The molecule has 0 bridgehead atoms. The van der Waals surface area contributed by atoms with Crippen LogP contribution < -0.4 is 20.4 Å². The van der Waals surface area contributed by atoms with Crippen molar-refractivity contribution in [2.75, 3.05) is 41.3 Å². The van der Waals surface area contributed by atoms with Crippen LogP contribution in [0.5, 0.6) is 0 Å². The lowest BCUT2D eigenvalue weighted by Gasteiger charge is -2.36. The van der Waals surface area contributed by atoms with Crippen molar-refractivity contribution >= 4 is 46.5 Å². The SMILES string of the molecule is CC1CCCN(c2cc(N3CCCCC3C)nc(NC(=S)NCC3(c4ccc(Cl)cc4)CCCC3)n2)C1. The summed E-state index contributed by atoms with van der Waals surface area (Å²) in [5.41, 5.74) is 1.42. The molecule has 1 aromatic carbocycles. The number of anilines is 3. The number of nitrogens with zero attached hydrogens (tertiary/aromatic N) is 4. The summed E-state index contributed by atoms with van der Waals surface area (Å²) in [5.74, 6) is 3.28. The van der Waals surface area contributed by atoms with Gasteiger partial charge in [0.1, 0.15) is 11.6 Å². The van der Waals surface area contributed by atoms with Crippen LogP contribution in [0.25, 0.3) is 0 Å². The van der Waals surface area contributed by atoms with E-state index in [4.69, 9.17) is 33.8 Å². The highest BCUT2D eigenvalue weighted by molar-refractivity contribution is 7.80. The van der Waals surface area contributed by atoms with E-state index < -0.39 is 0 Å². The maximum absolute atomic E-state index is 6.17. The van der Waals surface area contributed by atoms with Gasteiger partial charge in [0, 0.05) is 48.7 Å². The smallest absolute Gasteiger partial charge is 0.232 e. The lowest BCUT2D eigenvalue weighted by molar-refractivity contribution is 0.435. The van der Waals surface area contributed by atoms with Gasteiger partial charge in [0.15, 0.2) is 5.11 Å². The Morgan fingerprint density at radius 2 is 1.76 bits per heavy atom. The van der Waals surface area contributed by atoms with Gasteiger partial charge in [-0.3, -0.25) is 0 Å². The van der Waals surface area contributed by atoms with E-state index in [-0.39, 0.29) is 5.41 Å². The summed E-state index contributed by atoms with van der Waals surface area (Å²) in [7, 11) is 0. The highest BCUT2D eigenvalue weighted by Gasteiger charge is 2.35. The Labute approximate surface area is 232 Å². The van der Waals surface area contributed by atoms with Gasteiger partial charge < -0.3 is 20.4 Å². The lowest BCUT2D eigenvalue weighted by atomic mass is 9.79. The van der Waals surface area contributed by atoms with Gasteiger partial charge in [-0.2, -0.15) is 9.97 Å². The van der Waals surface area contributed by atoms with Crippen LogP contribution in [0.1, 0.15) is 77.2 Å². The zero-order valence-corrected chi connectivity index (χ0v) is 23.9. The summed E-state index contributed by atoms with van der Waals surface area (Å²) in [6, 6.07) is 11.0. The van der Waals surface area contributed by atoms with Crippen molar-refractivity contribution in [3.05, 3.63) is 40.9 Å². The minimum absolute atomic E-state index is 0.0807. The van der Waals surface area contributed by atoms with E-state index in [2.05, 4.69) is 52.5 Å². The number of hydrogen-bond donors (Lipinski definition) is 2. The van der Waals surface area contributed by atoms with Crippen LogP contribution in [0, 0.1) is 5.92 Å². The van der Waals surface area contributed by atoms with Crippen molar-refractivity contribution in [2.24, 2.45) is 5.92 Å². The summed E-state index contributed by atoms with van der Waals surface area (Å²) in [6.07, 6.45) is 11.0. The van der Waals surface area contributed by atoms with E-state index in [0.29, 0.717) is 23.0 Å². The van der Waals surface area contributed by atoms with Crippen LogP contribution in [0.3, 0.4) is 0 Å². The molecular formula is C29H41ClN6S. The first-order valence-electron chi connectivity index (χ1n) is 14.1. The predicted octanol–water partition coefficient (Wildman–Crippen LogP) is 6.54. The maximum atomic E-state index is 6.17. The van der Waals surface area contributed by atoms with Gasteiger partial charge in [0.2, 0.25) is 5.95 Å². The Hall–Kier alpha value is -2.12. The molecule has 37 heavy (non-hydrogen) atoms. The van der Waals surface area contributed by atoms with Gasteiger partial charge in [0.25, 0.3) is 0 Å². The molecule has 200 valence electrons. The Morgan fingerprint density at radius 1 is 1.00 bits per heavy atom. The van der Waals surface area contributed by atoms with Crippen LogP contribution in [-0.2, 0) is 5.41 Å². The van der Waals surface area contributed by atoms with E-state index in [1.165, 1.54) is 50.5 Å². The molecule has 6 nitrogen and oxygen atoms in total. The van der Waals surface area contributed by atoms with Gasteiger partial charge in [0.05, 0.1) is 0 Å². The van der Waals surface area contributed by atoms with Crippen molar-refractivity contribution in [3.63, 3.8) is 0 Å². The van der Waals surface area contributed by atoms with Crippen LogP contribution in [0.4, 0.5) is 17.6 Å². The predicted molar refractivity (Wildman–Crippen MR) is 159 cm³/mol. The van der Waals surface area contributed by atoms with Gasteiger partial charge in [-0.1, -0.05) is 43.5 Å². The molecule has 3 fully saturated rings. The fourth-order valence-corrected chi connectivity index (χ4v) is 6.73. The number of halogens is 1. The minimum Gasteiger partial charge on any atom is -0.361 e. The third-order valence-electron chi connectivity index (χ3n) is 8.61. The van der Waals surface area contributed by atoms with Gasteiger partial charge in [-0.05, 0) is 87.7 Å². The first kappa shape index (κ1) is 26.5. The minimum atomic E-state index is 0.0807. The maximum Gasteiger partial charge on any atom is 0.232 e. The second kappa shape index (κ2) is 11.7. The molecular weight excluding hydrogens is 500 g/mol. The largest absolute Gasteiger partial charge is 0.361 e. The molecule has 2 unspecified atom stereocenters. The van der Waals surface area contributed by atoms with Crippen LogP contribution in [-0.4, -0.2) is 47.3 Å². The number of thiocarbonyl (C=S) groups is 1. The number of hydrogen-bond acceptors (Lipinski definition) is 5.